The summed E-state index contributed by atoms with van der Waals surface area (Å²) in [6, 6.07) is 1.54. The van der Waals surface area contributed by atoms with Crippen molar-refractivity contribution in [1.29, 1.82) is 0 Å². The van der Waals surface area contributed by atoms with Crippen LogP contribution in [0.4, 0.5) is 9.93 Å². The summed E-state index contributed by atoms with van der Waals surface area (Å²) in [5.74, 6) is 0.371. The van der Waals surface area contributed by atoms with Crippen molar-refractivity contribution in [2.75, 3.05) is 18.4 Å². The zero-order chi connectivity index (χ0) is 19.6. The van der Waals surface area contributed by atoms with Crippen LogP contribution in [-0.2, 0) is 12.0 Å². The lowest BCUT2D eigenvalue weighted by atomic mass is 9.92. The maximum absolute atomic E-state index is 12.4. The van der Waals surface area contributed by atoms with Gasteiger partial charge in [0.05, 0.1) is 12.0 Å². The van der Waals surface area contributed by atoms with E-state index in [-0.39, 0.29) is 17.0 Å². The molecule has 0 radical (unpaired) electrons. The van der Waals surface area contributed by atoms with Crippen molar-refractivity contribution in [1.82, 2.24) is 19.4 Å². The van der Waals surface area contributed by atoms with Crippen LogP contribution >= 0.6 is 11.3 Å². The molecule has 7 nitrogen and oxygen atoms in total. The van der Waals surface area contributed by atoms with Gasteiger partial charge >= 0.3 is 6.03 Å². The van der Waals surface area contributed by atoms with Gasteiger partial charge < -0.3 is 4.90 Å². The van der Waals surface area contributed by atoms with E-state index in [0.717, 1.165) is 23.4 Å². The number of aryl methyl sites for hydroxylation is 1. The number of nitrogens with one attached hydrogen (secondary N) is 1. The minimum absolute atomic E-state index is 0.00534. The maximum Gasteiger partial charge on any atom is 0.323 e. The number of urea groups is 1. The first-order valence-corrected chi connectivity index (χ1v) is 10.1. The predicted molar refractivity (Wildman–Crippen MR) is 107 cm³/mol. The number of amides is 2. The zero-order valence-electron chi connectivity index (χ0n) is 16.4. The molecule has 8 heteroatoms. The average molecular weight is 390 g/mol. The van der Waals surface area contributed by atoms with Crippen molar-refractivity contribution in [2.24, 2.45) is 5.92 Å². The van der Waals surface area contributed by atoms with Crippen LogP contribution in [-0.4, -0.2) is 38.6 Å². The van der Waals surface area contributed by atoms with E-state index in [9.17, 15) is 9.59 Å². The van der Waals surface area contributed by atoms with E-state index < -0.39 is 0 Å². The number of rotatable bonds is 3. The first-order chi connectivity index (χ1) is 12.7. The molecular formula is C19H27N5O2S. The molecule has 2 aromatic rings. The molecule has 1 aliphatic heterocycles. The molecule has 0 spiro atoms. The highest BCUT2D eigenvalue weighted by molar-refractivity contribution is 7.15. The topological polar surface area (TPSA) is 80.1 Å². The molecule has 1 N–H and O–H groups in total. The number of hydrogen-bond acceptors (Lipinski definition) is 5. The molecule has 27 heavy (non-hydrogen) atoms. The summed E-state index contributed by atoms with van der Waals surface area (Å²) >= 11 is 1.47. The third-order valence-corrected chi connectivity index (χ3v) is 5.67. The molecular weight excluding hydrogens is 362 g/mol. The zero-order valence-corrected chi connectivity index (χ0v) is 17.2. The molecule has 0 aromatic carbocycles. The van der Waals surface area contributed by atoms with Crippen LogP contribution in [0.2, 0.25) is 0 Å². The lowest BCUT2D eigenvalue weighted by Gasteiger charge is -2.32. The SMILES string of the molecule is Cc1cnc(NC(=O)N2CCC(Cn3cnc(C(C)(C)C)cc3=O)CC2)s1. The third-order valence-electron chi connectivity index (χ3n) is 4.84. The predicted octanol–water partition coefficient (Wildman–Crippen LogP) is 3.25. The van der Waals surface area contributed by atoms with Gasteiger partial charge in [-0.15, -0.1) is 11.3 Å². The molecule has 146 valence electrons. The van der Waals surface area contributed by atoms with Crippen LogP contribution in [0.3, 0.4) is 0 Å². The van der Waals surface area contributed by atoms with Crippen LogP contribution in [0.15, 0.2) is 23.4 Å². The summed E-state index contributed by atoms with van der Waals surface area (Å²) in [5, 5.41) is 3.49. The highest BCUT2D eigenvalue weighted by atomic mass is 32.1. The summed E-state index contributed by atoms with van der Waals surface area (Å²) in [5.41, 5.74) is 0.675. The van der Waals surface area contributed by atoms with Crippen LogP contribution in [0, 0.1) is 12.8 Å². The molecule has 1 saturated heterocycles. The van der Waals surface area contributed by atoms with E-state index >= 15 is 0 Å². The summed E-state index contributed by atoms with van der Waals surface area (Å²) < 4.78 is 1.69. The van der Waals surface area contributed by atoms with Gasteiger partial charge in [0.25, 0.3) is 5.56 Å². The fourth-order valence-electron chi connectivity index (χ4n) is 3.15. The van der Waals surface area contributed by atoms with Gasteiger partial charge in [0.1, 0.15) is 0 Å². The van der Waals surface area contributed by atoms with Crippen molar-refractivity contribution in [2.45, 2.75) is 52.5 Å². The Bertz CT molecular complexity index is 859. The fourth-order valence-corrected chi connectivity index (χ4v) is 3.81. The number of hydrogen-bond donors (Lipinski definition) is 1. The Balaban J connectivity index is 1.53. The van der Waals surface area contributed by atoms with Gasteiger partial charge in [0, 0.05) is 42.2 Å². The second kappa shape index (κ2) is 7.80. The van der Waals surface area contributed by atoms with E-state index in [1.807, 2.05) is 32.6 Å². The van der Waals surface area contributed by atoms with Gasteiger partial charge in [-0.25, -0.2) is 14.8 Å². The second-order valence-corrected chi connectivity index (χ2v) is 9.39. The van der Waals surface area contributed by atoms with Crippen LogP contribution < -0.4 is 10.9 Å². The second-order valence-electron chi connectivity index (χ2n) is 8.15. The summed E-state index contributed by atoms with van der Waals surface area (Å²) in [6.07, 6.45) is 5.16. The van der Waals surface area contributed by atoms with E-state index in [2.05, 4.69) is 15.3 Å². The molecule has 0 atom stereocenters. The minimum Gasteiger partial charge on any atom is -0.324 e. The standard InChI is InChI=1S/C19H27N5O2S/c1-13-10-20-17(27-13)22-18(26)23-7-5-14(6-8-23)11-24-12-21-15(9-16(24)25)19(2,3)4/h9-10,12,14H,5-8,11H2,1-4H3,(H,20,22,26). The van der Waals surface area contributed by atoms with Crippen molar-refractivity contribution in [3.05, 3.63) is 39.5 Å². The first-order valence-electron chi connectivity index (χ1n) is 9.27. The van der Waals surface area contributed by atoms with E-state index in [1.165, 1.54) is 11.3 Å². The van der Waals surface area contributed by atoms with E-state index in [0.29, 0.717) is 30.7 Å². The summed E-state index contributed by atoms with van der Waals surface area (Å²) in [6.45, 7) is 10.1. The van der Waals surface area contributed by atoms with E-state index in [1.54, 1.807) is 23.2 Å². The molecule has 2 amide bonds. The number of aromatic nitrogens is 3. The molecule has 0 unspecified atom stereocenters. The average Bonchev–Trinajstić information content (AvgIpc) is 3.01. The Morgan fingerprint density at radius 3 is 2.56 bits per heavy atom. The van der Waals surface area contributed by atoms with Crippen molar-refractivity contribution in [3.63, 3.8) is 0 Å². The minimum atomic E-state index is -0.132. The van der Waals surface area contributed by atoms with Crippen LogP contribution in [0.5, 0.6) is 0 Å². The monoisotopic (exact) mass is 389 g/mol. The lowest BCUT2D eigenvalue weighted by molar-refractivity contribution is 0.176. The Hall–Kier alpha value is -2.22. The van der Waals surface area contributed by atoms with Gasteiger partial charge in [-0.1, -0.05) is 20.8 Å². The fraction of sp³-hybridized carbons (Fsp3) is 0.579. The quantitative estimate of drug-likeness (QED) is 0.874. The highest BCUT2D eigenvalue weighted by Gasteiger charge is 2.24. The molecule has 2 aromatic heterocycles. The number of piperidine rings is 1. The lowest BCUT2D eigenvalue weighted by Crippen LogP contribution is -2.42. The van der Waals surface area contributed by atoms with Gasteiger partial charge in [-0.05, 0) is 25.7 Å². The molecule has 0 bridgehead atoms. The molecule has 1 aliphatic rings. The van der Waals surface area contributed by atoms with Crippen LogP contribution in [0.25, 0.3) is 0 Å². The highest BCUT2D eigenvalue weighted by Crippen LogP contribution is 2.22. The summed E-state index contributed by atoms with van der Waals surface area (Å²) in [7, 11) is 0. The van der Waals surface area contributed by atoms with Gasteiger partial charge in [0.15, 0.2) is 5.13 Å². The van der Waals surface area contributed by atoms with Crippen molar-refractivity contribution in [3.8, 4) is 0 Å². The molecule has 0 saturated carbocycles. The Morgan fingerprint density at radius 2 is 2.00 bits per heavy atom. The molecule has 1 fully saturated rings. The number of carbonyl (C=O) groups excluding carboxylic acids is 1. The Labute approximate surface area is 163 Å². The summed E-state index contributed by atoms with van der Waals surface area (Å²) in [4.78, 5) is 36.2. The third kappa shape index (κ3) is 4.94. The normalized spacial score (nSPS) is 15.8. The number of nitrogens with zero attached hydrogens (tertiary/aromatic N) is 4. The number of anilines is 1. The Kier molecular flexibility index (Phi) is 5.64. The smallest absolute Gasteiger partial charge is 0.323 e. The van der Waals surface area contributed by atoms with Gasteiger partial charge in [-0.3, -0.25) is 14.7 Å². The number of thiazole rings is 1. The van der Waals surface area contributed by atoms with Gasteiger partial charge in [-0.2, -0.15) is 0 Å². The van der Waals surface area contributed by atoms with Crippen molar-refractivity contribution < 1.29 is 4.79 Å². The molecule has 3 rings (SSSR count). The van der Waals surface area contributed by atoms with Gasteiger partial charge in [0.2, 0.25) is 0 Å². The molecule has 0 aliphatic carbocycles. The maximum atomic E-state index is 12.4. The van der Waals surface area contributed by atoms with E-state index in [4.69, 9.17) is 0 Å². The largest absolute Gasteiger partial charge is 0.324 e. The molecule has 3 heterocycles. The number of carbonyl (C=O) groups is 1. The van der Waals surface area contributed by atoms with Crippen molar-refractivity contribution >= 4 is 22.5 Å². The Morgan fingerprint density at radius 1 is 1.30 bits per heavy atom. The number of likely N-dealkylation sites (tertiary alicyclic amines) is 1. The van der Waals surface area contributed by atoms with Crippen LogP contribution in [0.1, 0.15) is 44.2 Å². The first kappa shape index (κ1) is 19.5.